The molecule has 0 aromatic carbocycles. The van der Waals surface area contributed by atoms with Crippen molar-refractivity contribution in [3.05, 3.63) is 12.2 Å². The fourth-order valence-corrected chi connectivity index (χ4v) is 3.86. The lowest BCUT2D eigenvalue weighted by Gasteiger charge is -2.25. The number of fused-ring (bicyclic) bond motifs is 2. The van der Waals surface area contributed by atoms with Gasteiger partial charge in [-0.25, -0.2) is 9.69 Å². The standard InChI is InChI=1S/C11H12BrNO3/c12-9-7-2-1-6(5-7)8(9)10(14)13-3-4-16-11(13)15/h1-2,6-9H,3-5H2/t6-,7+,8-,9-/m0/s1. The summed E-state index contributed by atoms with van der Waals surface area (Å²) in [4.78, 5) is 25.0. The van der Waals surface area contributed by atoms with Crippen molar-refractivity contribution in [2.45, 2.75) is 11.2 Å². The van der Waals surface area contributed by atoms with Crippen molar-refractivity contribution in [1.82, 2.24) is 4.90 Å². The summed E-state index contributed by atoms with van der Waals surface area (Å²) in [7, 11) is 0. The number of halogens is 1. The van der Waals surface area contributed by atoms with Crippen LogP contribution in [0.4, 0.5) is 4.79 Å². The van der Waals surface area contributed by atoms with Gasteiger partial charge in [-0.3, -0.25) is 4.79 Å². The molecular weight excluding hydrogens is 274 g/mol. The van der Waals surface area contributed by atoms with Gasteiger partial charge in [0.25, 0.3) is 0 Å². The van der Waals surface area contributed by atoms with Crippen LogP contribution in [0.5, 0.6) is 0 Å². The van der Waals surface area contributed by atoms with E-state index in [-0.39, 0.29) is 22.6 Å². The summed E-state index contributed by atoms with van der Waals surface area (Å²) in [6.45, 7) is 0.725. The van der Waals surface area contributed by atoms with Crippen LogP contribution in [0.1, 0.15) is 6.42 Å². The molecule has 2 aliphatic carbocycles. The molecule has 0 unspecified atom stereocenters. The molecule has 2 amide bonds. The van der Waals surface area contributed by atoms with Crippen LogP contribution < -0.4 is 0 Å². The largest absolute Gasteiger partial charge is 0.447 e. The zero-order chi connectivity index (χ0) is 11.3. The quantitative estimate of drug-likeness (QED) is 0.543. The van der Waals surface area contributed by atoms with Crippen LogP contribution in [0, 0.1) is 17.8 Å². The number of carbonyl (C=O) groups is 2. The van der Waals surface area contributed by atoms with E-state index in [0.29, 0.717) is 19.1 Å². The predicted octanol–water partition coefficient (Wildman–Crippen LogP) is 1.55. The highest BCUT2D eigenvalue weighted by Crippen LogP contribution is 2.48. The number of nitrogens with zero attached hydrogens (tertiary/aromatic N) is 1. The summed E-state index contributed by atoms with van der Waals surface area (Å²) < 4.78 is 4.79. The predicted molar refractivity (Wildman–Crippen MR) is 60.0 cm³/mol. The van der Waals surface area contributed by atoms with Gasteiger partial charge < -0.3 is 4.74 Å². The number of hydrogen-bond acceptors (Lipinski definition) is 3. The Bertz CT molecular complexity index is 381. The molecule has 2 fully saturated rings. The van der Waals surface area contributed by atoms with Gasteiger partial charge in [-0.05, 0) is 18.3 Å². The van der Waals surface area contributed by atoms with E-state index in [9.17, 15) is 9.59 Å². The fraction of sp³-hybridized carbons (Fsp3) is 0.636. The number of hydrogen-bond donors (Lipinski definition) is 0. The molecule has 0 aromatic rings. The van der Waals surface area contributed by atoms with Gasteiger partial charge in [-0.1, -0.05) is 28.1 Å². The molecule has 4 atom stereocenters. The Kier molecular flexibility index (Phi) is 2.31. The van der Waals surface area contributed by atoms with Crippen LogP contribution >= 0.6 is 15.9 Å². The number of allylic oxidation sites excluding steroid dienone is 2. The van der Waals surface area contributed by atoms with E-state index in [2.05, 4.69) is 28.1 Å². The Balaban J connectivity index is 1.81. The van der Waals surface area contributed by atoms with Crippen LogP contribution in [0.15, 0.2) is 12.2 Å². The Morgan fingerprint density at radius 1 is 1.44 bits per heavy atom. The third-order valence-corrected chi connectivity index (χ3v) is 4.92. The molecule has 16 heavy (non-hydrogen) atoms. The van der Waals surface area contributed by atoms with E-state index in [1.165, 1.54) is 4.90 Å². The number of cyclic esters (lactones) is 1. The van der Waals surface area contributed by atoms with Crippen LogP contribution in [-0.4, -0.2) is 34.9 Å². The number of rotatable bonds is 1. The normalized spacial score (nSPS) is 40.6. The van der Waals surface area contributed by atoms with Gasteiger partial charge in [-0.2, -0.15) is 0 Å². The summed E-state index contributed by atoms with van der Waals surface area (Å²) in [6, 6.07) is 0. The van der Waals surface area contributed by atoms with Gasteiger partial charge in [0.05, 0.1) is 12.5 Å². The van der Waals surface area contributed by atoms with E-state index in [4.69, 9.17) is 4.74 Å². The van der Waals surface area contributed by atoms with Crippen LogP contribution in [0.3, 0.4) is 0 Å². The van der Waals surface area contributed by atoms with E-state index >= 15 is 0 Å². The zero-order valence-corrected chi connectivity index (χ0v) is 10.2. The lowest BCUT2D eigenvalue weighted by molar-refractivity contribution is -0.132. The molecule has 1 saturated heterocycles. The number of ether oxygens (including phenoxy) is 1. The summed E-state index contributed by atoms with van der Waals surface area (Å²) in [6.07, 6.45) is 4.80. The van der Waals surface area contributed by atoms with Crippen molar-refractivity contribution in [1.29, 1.82) is 0 Å². The molecule has 86 valence electrons. The first-order chi connectivity index (χ1) is 7.68. The molecule has 5 heteroatoms. The number of carbonyl (C=O) groups excluding carboxylic acids is 2. The average Bonchev–Trinajstić information content (AvgIpc) is 2.92. The first kappa shape index (κ1) is 10.3. The summed E-state index contributed by atoms with van der Waals surface area (Å²) in [5.41, 5.74) is 0. The molecule has 4 nitrogen and oxygen atoms in total. The van der Waals surface area contributed by atoms with E-state index in [0.717, 1.165) is 6.42 Å². The van der Waals surface area contributed by atoms with Crippen molar-refractivity contribution >= 4 is 27.9 Å². The molecular formula is C11H12BrNO3. The van der Waals surface area contributed by atoms with E-state index < -0.39 is 6.09 Å². The van der Waals surface area contributed by atoms with Gasteiger partial charge in [0.2, 0.25) is 5.91 Å². The summed E-state index contributed by atoms with van der Waals surface area (Å²) >= 11 is 3.58. The second kappa shape index (κ2) is 3.58. The van der Waals surface area contributed by atoms with Crippen molar-refractivity contribution in [3.8, 4) is 0 Å². The molecule has 1 heterocycles. The second-order valence-corrected chi connectivity index (χ2v) is 5.58. The summed E-state index contributed by atoms with van der Waals surface area (Å²) in [5, 5.41) is 0. The maximum Gasteiger partial charge on any atom is 0.416 e. The Morgan fingerprint density at radius 2 is 2.19 bits per heavy atom. The minimum atomic E-state index is -0.489. The minimum Gasteiger partial charge on any atom is -0.447 e. The highest BCUT2D eigenvalue weighted by Gasteiger charge is 2.49. The van der Waals surface area contributed by atoms with Gasteiger partial charge in [0, 0.05) is 4.83 Å². The van der Waals surface area contributed by atoms with Gasteiger partial charge in [-0.15, -0.1) is 0 Å². The molecule has 1 saturated carbocycles. The Hall–Kier alpha value is -0.840. The van der Waals surface area contributed by atoms with Crippen LogP contribution in [0.2, 0.25) is 0 Å². The molecule has 1 aliphatic heterocycles. The first-order valence-corrected chi connectivity index (χ1v) is 6.40. The van der Waals surface area contributed by atoms with E-state index in [1.54, 1.807) is 0 Å². The highest BCUT2D eigenvalue weighted by atomic mass is 79.9. The molecule has 3 aliphatic rings. The highest BCUT2D eigenvalue weighted by molar-refractivity contribution is 9.09. The van der Waals surface area contributed by atoms with Crippen molar-refractivity contribution in [3.63, 3.8) is 0 Å². The maximum atomic E-state index is 12.2. The van der Waals surface area contributed by atoms with Gasteiger partial charge in [0.1, 0.15) is 6.61 Å². The smallest absolute Gasteiger partial charge is 0.416 e. The molecule has 0 N–H and O–H groups in total. The Morgan fingerprint density at radius 3 is 2.75 bits per heavy atom. The number of amides is 2. The number of alkyl halides is 1. The van der Waals surface area contributed by atoms with Crippen molar-refractivity contribution < 1.29 is 14.3 Å². The molecule has 0 radical (unpaired) electrons. The monoisotopic (exact) mass is 285 g/mol. The first-order valence-electron chi connectivity index (χ1n) is 5.49. The van der Waals surface area contributed by atoms with Crippen LogP contribution in [0.25, 0.3) is 0 Å². The zero-order valence-electron chi connectivity index (χ0n) is 8.64. The summed E-state index contributed by atoms with van der Waals surface area (Å²) in [5.74, 6) is 0.551. The van der Waals surface area contributed by atoms with Gasteiger partial charge >= 0.3 is 6.09 Å². The second-order valence-electron chi connectivity index (χ2n) is 4.52. The van der Waals surface area contributed by atoms with Crippen LogP contribution in [-0.2, 0) is 9.53 Å². The molecule has 0 spiro atoms. The Labute approximate surface area is 102 Å². The maximum absolute atomic E-state index is 12.2. The molecule has 2 bridgehead atoms. The average molecular weight is 286 g/mol. The molecule has 3 rings (SSSR count). The van der Waals surface area contributed by atoms with E-state index in [1.807, 2.05) is 0 Å². The topological polar surface area (TPSA) is 46.6 Å². The lowest BCUT2D eigenvalue weighted by atomic mass is 9.92. The molecule has 0 aromatic heterocycles. The fourth-order valence-electron chi connectivity index (χ4n) is 2.85. The third-order valence-electron chi connectivity index (χ3n) is 3.68. The lowest BCUT2D eigenvalue weighted by Crippen LogP contribution is -2.41. The third kappa shape index (κ3) is 1.34. The minimum absolute atomic E-state index is 0.0822. The SMILES string of the molecule is O=C1OCCN1C(=O)[C@@H]1[C@@H](Br)[C@@H]2C=C[C@H]1C2. The van der Waals surface area contributed by atoms with Crippen molar-refractivity contribution in [2.75, 3.05) is 13.2 Å². The van der Waals surface area contributed by atoms with Gasteiger partial charge in [0.15, 0.2) is 0 Å². The van der Waals surface area contributed by atoms with Crippen molar-refractivity contribution in [2.24, 2.45) is 17.8 Å². The number of imide groups is 1.